The summed E-state index contributed by atoms with van der Waals surface area (Å²) in [5.41, 5.74) is 2.35. The Balaban J connectivity index is 1.92. The molecule has 2 rings (SSSR count). The molecule has 0 radical (unpaired) electrons. The Bertz CT molecular complexity index is 594. The lowest BCUT2D eigenvalue weighted by molar-refractivity contribution is 0.184. The largest absolute Gasteiger partial charge is 0.469 e. The maximum Gasteiger partial charge on any atom is 0.191 e. The molecular weight excluding hydrogens is 290 g/mol. The summed E-state index contributed by atoms with van der Waals surface area (Å²) < 4.78 is 10.6. The molecule has 5 heteroatoms. The maximum atomic E-state index is 5.33. The lowest BCUT2D eigenvalue weighted by Gasteiger charge is -2.12. The van der Waals surface area contributed by atoms with E-state index in [0.717, 1.165) is 31.2 Å². The minimum atomic E-state index is 0.605. The second kappa shape index (κ2) is 9.69. The van der Waals surface area contributed by atoms with Crippen LogP contribution < -0.4 is 10.6 Å². The number of methoxy groups -OCH3 is 1. The minimum absolute atomic E-state index is 0.605. The summed E-state index contributed by atoms with van der Waals surface area (Å²) in [5.74, 6) is 1.78. The van der Waals surface area contributed by atoms with Crippen LogP contribution in [0.2, 0.25) is 0 Å². The molecule has 0 saturated heterocycles. The van der Waals surface area contributed by atoms with Gasteiger partial charge in [-0.2, -0.15) is 0 Å². The van der Waals surface area contributed by atoms with Gasteiger partial charge in [-0.25, -0.2) is 4.99 Å². The van der Waals surface area contributed by atoms with E-state index in [1.807, 2.05) is 24.3 Å². The molecule has 2 aromatic rings. The topological polar surface area (TPSA) is 58.8 Å². The zero-order chi connectivity index (χ0) is 16.3. The van der Waals surface area contributed by atoms with Crippen LogP contribution in [0.25, 0.3) is 0 Å². The molecule has 23 heavy (non-hydrogen) atoms. The fourth-order valence-electron chi connectivity index (χ4n) is 2.27. The van der Waals surface area contributed by atoms with Crippen LogP contribution in [0.5, 0.6) is 0 Å². The van der Waals surface area contributed by atoms with Crippen LogP contribution >= 0.6 is 0 Å². The highest BCUT2D eigenvalue weighted by molar-refractivity contribution is 5.79. The van der Waals surface area contributed by atoms with Gasteiger partial charge in [0, 0.05) is 26.6 Å². The van der Waals surface area contributed by atoms with E-state index < -0.39 is 0 Å². The fourth-order valence-corrected chi connectivity index (χ4v) is 2.27. The summed E-state index contributed by atoms with van der Waals surface area (Å²) in [6, 6.07) is 12.1. The van der Waals surface area contributed by atoms with Crippen LogP contribution in [0.15, 0.2) is 52.1 Å². The van der Waals surface area contributed by atoms with Crippen molar-refractivity contribution in [1.82, 2.24) is 10.6 Å². The number of nitrogens with one attached hydrogen (secondary N) is 2. The van der Waals surface area contributed by atoms with E-state index in [-0.39, 0.29) is 0 Å². The number of benzene rings is 1. The monoisotopic (exact) mass is 315 g/mol. The minimum Gasteiger partial charge on any atom is -0.469 e. The number of nitrogens with zero attached hydrogens (tertiary/aromatic N) is 1. The van der Waals surface area contributed by atoms with Gasteiger partial charge in [-0.05, 0) is 30.2 Å². The van der Waals surface area contributed by atoms with Gasteiger partial charge in [-0.1, -0.05) is 24.3 Å². The van der Waals surface area contributed by atoms with E-state index in [2.05, 4.69) is 34.7 Å². The SMILES string of the molecule is CCNC(=NCc1ccccc1COC)NCCc1ccco1. The fraction of sp³-hybridized carbons (Fsp3) is 0.389. The number of rotatable bonds is 8. The molecule has 0 fully saturated rings. The van der Waals surface area contributed by atoms with E-state index >= 15 is 0 Å². The molecule has 0 aliphatic rings. The molecule has 5 nitrogen and oxygen atoms in total. The van der Waals surface area contributed by atoms with Crippen molar-refractivity contribution in [3.63, 3.8) is 0 Å². The standard InChI is InChI=1S/C18H25N3O2/c1-3-19-18(20-11-10-17-9-6-12-23-17)21-13-15-7-4-5-8-16(15)14-22-2/h4-9,12H,3,10-11,13-14H2,1-2H3,(H2,19,20,21). The first-order valence-electron chi connectivity index (χ1n) is 7.93. The predicted molar refractivity (Wildman–Crippen MR) is 92.4 cm³/mol. The number of ether oxygens (including phenoxy) is 1. The molecule has 0 amide bonds. The van der Waals surface area contributed by atoms with Crippen molar-refractivity contribution < 1.29 is 9.15 Å². The average Bonchev–Trinajstić information content (AvgIpc) is 3.07. The number of hydrogen-bond acceptors (Lipinski definition) is 3. The third-order valence-corrected chi connectivity index (χ3v) is 3.41. The third-order valence-electron chi connectivity index (χ3n) is 3.41. The van der Waals surface area contributed by atoms with Gasteiger partial charge in [0.05, 0.1) is 19.4 Å². The lowest BCUT2D eigenvalue weighted by atomic mass is 10.1. The molecule has 1 aromatic heterocycles. The van der Waals surface area contributed by atoms with Gasteiger partial charge in [-0.15, -0.1) is 0 Å². The van der Waals surface area contributed by atoms with Gasteiger partial charge in [0.1, 0.15) is 5.76 Å². The van der Waals surface area contributed by atoms with Crippen molar-refractivity contribution >= 4 is 5.96 Å². The Kier molecular flexibility index (Phi) is 7.20. The van der Waals surface area contributed by atoms with Gasteiger partial charge in [0.25, 0.3) is 0 Å². The molecule has 0 aliphatic carbocycles. The Morgan fingerprint density at radius 3 is 2.65 bits per heavy atom. The summed E-state index contributed by atoms with van der Waals surface area (Å²) in [5, 5.41) is 6.59. The molecule has 0 unspecified atom stereocenters. The van der Waals surface area contributed by atoms with Gasteiger partial charge in [0.15, 0.2) is 5.96 Å². The summed E-state index contributed by atoms with van der Waals surface area (Å²) in [7, 11) is 1.71. The smallest absolute Gasteiger partial charge is 0.191 e. The normalized spacial score (nSPS) is 11.5. The Morgan fingerprint density at radius 1 is 1.13 bits per heavy atom. The van der Waals surface area contributed by atoms with Gasteiger partial charge in [0.2, 0.25) is 0 Å². The maximum absolute atomic E-state index is 5.33. The molecule has 0 aliphatic heterocycles. The van der Waals surface area contributed by atoms with Crippen LogP contribution in [0.3, 0.4) is 0 Å². The molecule has 0 spiro atoms. The van der Waals surface area contributed by atoms with Crippen molar-refractivity contribution in [2.24, 2.45) is 4.99 Å². The quantitative estimate of drug-likeness (QED) is 0.581. The number of aliphatic imine (C=N–C) groups is 1. The van der Waals surface area contributed by atoms with Crippen LogP contribution in [0.4, 0.5) is 0 Å². The van der Waals surface area contributed by atoms with E-state index in [9.17, 15) is 0 Å². The van der Waals surface area contributed by atoms with E-state index in [4.69, 9.17) is 9.15 Å². The summed E-state index contributed by atoms with van der Waals surface area (Å²) in [4.78, 5) is 4.65. The Hall–Kier alpha value is -2.27. The average molecular weight is 315 g/mol. The molecule has 2 N–H and O–H groups in total. The van der Waals surface area contributed by atoms with Crippen molar-refractivity contribution in [2.75, 3.05) is 20.2 Å². The van der Waals surface area contributed by atoms with E-state index in [0.29, 0.717) is 13.2 Å². The molecule has 0 saturated carbocycles. The highest BCUT2D eigenvalue weighted by Gasteiger charge is 2.03. The first kappa shape index (κ1) is 17.1. The Labute approximate surface area is 137 Å². The molecule has 0 bridgehead atoms. The van der Waals surface area contributed by atoms with E-state index in [1.54, 1.807) is 13.4 Å². The second-order valence-corrected chi connectivity index (χ2v) is 5.15. The highest BCUT2D eigenvalue weighted by Crippen LogP contribution is 2.11. The second-order valence-electron chi connectivity index (χ2n) is 5.15. The molecule has 124 valence electrons. The lowest BCUT2D eigenvalue weighted by Crippen LogP contribution is -2.38. The van der Waals surface area contributed by atoms with Crippen LogP contribution in [0, 0.1) is 0 Å². The summed E-state index contributed by atoms with van der Waals surface area (Å²) in [6.45, 7) is 4.89. The van der Waals surface area contributed by atoms with Crippen molar-refractivity contribution in [3.05, 3.63) is 59.5 Å². The zero-order valence-corrected chi connectivity index (χ0v) is 13.8. The van der Waals surface area contributed by atoms with Crippen LogP contribution in [0.1, 0.15) is 23.8 Å². The molecule has 1 aromatic carbocycles. The number of hydrogen-bond donors (Lipinski definition) is 2. The van der Waals surface area contributed by atoms with Gasteiger partial charge in [-0.3, -0.25) is 0 Å². The molecule has 1 heterocycles. The summed E-state index contributed by atoms with van der Waals surface area (Å²) >= 11 is 0. The Morgan fingerprint density at radius 2 is 1.96 bits per heavy atom. The predicted octanol–water partition coefficient (Wildman–Crippen LogP) is 2.72. The molecular formula is C18H25N3O2. The first-order valence-corrected chi connectivity index (χ1v) is 7.93. The first-order chi connectivity index (χ1) is 11.3. The van der Waals surface area contributed by atoms with Crippen molar-refractivity contribution in [2.45, 2.75) is 26.5 Å². The third kappa shape index (κ3) is 5.79. The zero-order valence-electron chi connectivity index (χ0n) is 13.8. The highest BCUT2D eigenvalue weighted by atomic mass is 16.5. The van der Waals surface area contributed by atoms with Crippen molar-refractivity contribution in [1.29, 1.82) is 0 Å². The van der Waals surface area contributed by atoms with Crippen LogP contribution in [-0.4, -0.2) is 26.2 Å². The van der Waals surface area contributed by atoms with Crippen molar-refractivity contribution in [3.8, 4) is 0 Å². The molecule has 0 atom stereocenters. The van der Waals surface area contributed by atoms with E-state index in [1.165, 1.54) is 11.1 Å². The summed E-state index contributed by atoms with van der Waals surface area (Å²) in [6.07, 6.45) is 2.53. The number of guanidine groups is 1. The number of furan rings is 1. The van der Waals surface area contributed by atoms with Gasteiger partial charge >= 0.3 is 0 Å². The van der Waals surface area contributed by atoms with Crippen LogP contribution in [-0.2, 0) is 24.3 Å². The van der Waals surface area contributed by atoms with Gasteiger partial charge < -0.3 is 19.8 Å².